The van der Waals surface area contributed by atoms with Gasteiger partial charge < -0.3 is 14.2 Å². The van der Waals surface area contributed by atoms with Crippen molar-refractivity contribution in [2.24, 2.45) is 11.3 Å². The predicted molar refractivity (Wildman–Crippen MR) is 121 cm³/mol. The molecule has 1 aliphatic rings. The predicted octanol–water partition coefficient (Wildman–Crippen LogP) is 7.10. The van der Waals surface area contributed by atoms with Gasteiger partial charge in [-0.05, 0) is 33.1 Å². The lowest BCUT2D eigenvalue weighted by atomic mass is 9.76. The van der Waals surface area contributed by atoms with E-state index in [9.17, 15) is 0 Å². The van der Waals surface area contributed by atoms with Gasteiger partial charge in [-0.2, -0.15) is 0 Å². The minimum Gasteiger partial charge on any atom is -0.380 e. The maximum atomic E-state index is 6.48. The van der Waals surface area contributed by atoms with Gasteiger partial charge in [-0.25, -0.2) is 0 Å². The summed E-state index contributed by atoms with van der Waals surface area (Å²) in [4.78, 5) is 0. The van der Waals surface area contributed by atoms with E-state index < -0.39 is 5.79 Å². The Morgan fingerprint density at radius 3 is 2.07 bits per heavy atom. The molecule has 1 aromatic carbocycles. The Labute approximate surface area is 179 Å². The van der Waals surface area contributed by atoms with E-state index in [0.29, 0.717) is 24.5 Å². The first kappa shape index (κ1) is 24.4. The van der Waals surface area contributed by atoms with Gasteiger partial charge in [0.2, 0.25) is 0 Å². The molecule has 0 saturated carbocycles. The summed E-state index contributed by atoms with van der Waals surface area (Å²) in [6, 6.07) is 10.6. The van der Waals surface area contributed by atoms with Crippen molar-refractivity contribution in [3.05, 3.63) is 35.9 Å². The van der Waals surface area contributed by atoms with Crippen LogP contribution in [0.25, 0.3) is 0 Å². The van der Waals surface area contributed by atoms with Gasteiger partial charge in [0.1, 0.15) is 0 Å². The SMILES string of the molecule is CCCCCCCCC(CCC1(C)COC1)C(OCC)(OCC)c1ccccc1. The highest BCUT2D eigenvalue weighted by atomic mass is 16.7. The molecular weight excluding hydrogens is 360 g/mol. The molecule has 0 aromatic heterocycles. The van der Waals surface area contributed by atoms with E-state index in [4.69, 9.17) is 14.2 Å². The van der Waals surface area contributed by atoms with Crippen LogP contribution >= 0.6 is 0 Å². The van der Waals surface area contributed by atoms with Gasteiger partial charge >= 0.3 is 0 Å². The lowest BCUT2D eigenvalue weighted by Gasteiger charge is -2.44. The molecule has 1 aromatic rings. The maximum absolute atomic E-state index is 6.48. The Hall–Kier alpha value is -0.900. The number of rotatable bonds is 16. The van der Waals surface area contributed by atoms with Crippen molar-refractivity contribution in [3.8, 4) is 0 Å². The van der Waals surface area contributed by atoms with Crippen molar-refractivity contribution in [1.29, 1.82) is 0 Å². The van der Waals surface area contributed by atoms with Crippen LogP contribution in [0.1, 0.15) is 91.0 Å². The normalized spacial score (nSPS) is 17.1. The quantitative estimate of drug-likeness (QED) is 0.217. The van der Waals surface area contributed by atoms with E-state index in [1.54, 1.807) is 0 Å². The van der Waals surface area contributed by atoms with Crippen molar-refractivity contribution in [1.82, 2.24) is 0 Å². The summed E-state index contributed by atoms with van der Waals surface area (Å²) in [5, 5.41) is 0. The summed E-state index contributed by atoms with van der Waals surface area (Å²) in [6.07, 6.45) is 11.3. The summed E-state index contributed by atoms with van der Waals surface area (Å²) < 4.78 is 18.5. The molecule has 3 nitrogen and oxygen atoms in total. The summed E-state index contributed by atoms with van der Waals surface area (Å²) in [6.45, 7) is 11.9. The van der Waals surface area contributed by atoms with Gasteiger partial charge in [-0.1, -0.05) is 82.7 Å². The topological polar surface area (TPSA) is 27.7 Å². The van der Waals surface area contributed by atoms with Gasteiger partial charge in [0.15, 0.2) is 5.79 Å². The third-order valence-electron chi connectivity index (χ3n) is 6.33. The molecule has 0 spiro atoms. The van der Waals surface area contributed by atoms with E-state index in [0.717, 1.165) is 31.6 Å². The van der Waals surface area contributed by atoms with Gasteiger partial charge in [0.25, 0.3) is 0 Å². The van der Waals surface area contributed by atoms with E-state index in [1.165, 1.54) is 44.9 Å². The number of hydrogen-bond acceptors (Lipinski definition) is 3. The fourth-order valence-corrected chi connectivity index (χ4v) is 4.59. The fourth-order valence-electron chi connectivity index (χ4n) is 4.59. The number of hydrogen-bond donors (Lipinski definition) is 0. The third kappa shape index (κ3) is 7.08. The van der Waals surface area contributed by atoms with Crippen molar-refractivity contribution >= 4 is 0 Å². The molecule has 1 atom stereocenters. The van der Waals surface area contributed by atoms with Crippen LogP contribution < -0.4 is 0 Å². The lowest BCUT2D eigenvalue weighted by molar-refractivity contribution is -0.278. The highest BCUT2D eigenvalue weighted by Gasteiger charge is 2.43. The van der Waals surface area contributed by atoms with Crippen molar-refractivity contribution in [3.63, 3.8) is 0 Å². The molecule has 0 N–H and O–H groups in total. The number of ether oxygens (including phenoxy) is 3. The molecule has 0 bridgehead atoms. The van der Waals surface area contributed by atoms with Crippen molar-refractivity contribution < 1.29 is 14.2 Å². The molecule has 0 radical (unpaired) electrons. The molecule has 0 aliphatic carbocycles. The third-order valence-corrected chi connectivity index (χ3v) is 6.33. The maximum Gasteiger partial charge on any atom is 0.197 e. The Morgan fingerprint density at radius 1 is 0.897 bits per heavy atom. The second-order valence-corrected chi connectivity index (χ2v) is 9.00. The molecule has 1 heterocycles. The number of benzene rings is 1. The molecule has 3 heteroatoms. The molecular formula is C26H44O3. The highest BCUT2D eigenvalue weighted by molar-refractivity contribution is 5.21. The van der Waals surface area contributed by atoms with Gasteiger partial charge in [0.05, 0.1) is 13.2 Å². The average Bonchev–Trinajstić information content (AvgIpc) is 2.71. The van der Waals surface area contributed by atoms with Crippen LogP contribution in [0.3, 0.4) is 0 Å². The van der Waals surface area contributed by atoms with Crippen LogP contribution in [0.4, 0.5) is 0 Å². The Bertz CT molecular complexity index is 532. The van der Waals surface area contributed by atoms with Crippen molar-refractivity contribution in [2.75, 3.05) is 26.4 Å². The summed E-state index contributed by atoms with van der Waals surface area (Å²) in [7, 11) is 0. The minimum absolute atomic E-state index is 0.320. The monoisotopic (exact) mass is 404 g/mol. The zero-order valence-electron chi connectivity index (χ0n) is 19.4. The second kappa shape index (κ2) is 12.7. The first-order chi connectivity index (χ1) is 14.1. The Kier molecular flexibility index (Phi) is 10.7. The van der Waals surface area contributed by atoms with Crippen LogP contribution in [0, 0.1) is 11.3 Å². The van der Waals surface area contributed by atoms with Crippen LogP contribution in [0.15, 0.2) is 30.3 Å². The molecule has 1 aliphatic heterocycles. The standard InChI is InChI=1S/C26H44O3/c1-5-8-9-10-11-13-18-24(19-20-25(4)21-27-22-25)26(28-6-2,29-7-3)23-16-14-12-15-17-23/h12,14-17,24H,5-11,13,18-22H2,1-4H3. The lowest BCUT2D eigenvalue weighted by Crippen LogP contribution is -2.44. The smallest absolute Gasteiger partial charge is 0.197 e. The zero-order chi connectivity index (χ0) is 21.0. The van der Waals surface area contributed by atoms with Crippen LogP contribution in [-0.2, 0) is 20.0 Å². The fraction of sp³-hybridized carbons (Fsp3) is 0.769. The number of unbranched alkanes of at least 4 members (excludes halogenated alkanes) is 5. The summed E-state index contributed by atoms with van der Waals surface area (Å²) >= 11 is 0. The second-order valence-electron chi connectivity index (χ2n) is 9.00. The Balaban J connectivity index is 2.16. The first-order valence-corrected chi connectivity index (χ1v) is 12.0. The molecule has 1 saturated heterocycles. The van der Waals surface area contributed by atoms with Crippen molar-refractivity contribution in [2.45, 2.75) is 91.3 Å². The van der Waals surface area contributed by atoms with Gasteiger partial charge in [0, 0.05) is 30.1 Å². The molecule has 1 unspecified atom stereocenters. The molecule has 2 rings (SSSR count). The average molecular weight is 405 g/mol. The van der Waals surface area contributed by atoms with E-state index >= 15 is 0 Å². The van der Waals surface area contributed by atoms with E-state index in [2.05, 4.69) is 58.0 Å². The molecule has 166 valence electrons. The van der Waals surface area contributed by atoms with Crippen LogP contribution in [-0.4, -0.2) is 26.4 Å². The minimum atomic E-state index is -0.644. The molecule has 29 heavy (non-hydrogen) atoms. The van der Waals surface area contributed by atoms with E-state index in [1.807, 2.05) is 0 Å². The first-order valence-electron chi connectivity index (χ1n) is 12.0. The summed E-state index contributed by atoms with van der Waals surface area (Å²) in [5.41, 5.74) is 1.48. The summed E-state index contributed by atoms with van der Waals surface area (Å²) in [5.74, 6) is -0.289. The Morgan fingerprint density at radius 2 is 1.52 bits per heavy atom. The van der Waals surface area contributed by atoms with Crippen LogP contribution in [0.5, 0.6) is 0 Å². The zero-order valence-corrected chi connectivity index (χ0v) is 19.4. The highest BCUT2D eigenvalue weighted by Crippen LogP contribution is 2.44. The molecule has 1 fully saturated rings. The molecule has 0 amide bonds. The van der Waals surface area contributed by atoms with E-state index in [-0.39, 0.29) is 0 Å². The van der Waals surface area contributed by atoms with Crippen LogP contribution in [0.2, 0.25) is 0 Å². The van der Waals surface area contributed by atoms with Gasteiger partial charge in [-0.15, -0.1) is 0 Å². The largest absolute Gasteiger partial charge is 0.380 e. The van der Waals surface area contributed by atoms with Gasteiger partial charge in [-0.3, -0.25) is 0 Å².